The van der Waals surface area contributed by atoms with E-state index in [0.29, 0.717) is 0 Å². The van der Waals surface area contributed by atoms with Gasteiger partial charge in [0.15, 0.2) is 0 Å². The molecule has 8 rings (SSSR count). The van der Waals surface area contributed by atoms with Crippen molar-refractivity contribution < 1.29 is 9.53 Å². The molecule has 0 spiro atoms. The standard InChI is InChI=1S/C29H23BrO2/c30-29-23-16-24(32-28(29)31)22-15-21(17-9-3-1-4-10-17)25(18-11-5-2-6-12-18)26(27(22)29)20-14-8-7-13-19(20)23/h1-15,21,23-27H,16H2/t21-,23+,24-,25-,26+,27-,29-/m0/s1. The van der Waals surface area contributed by atoms with Crippen LogP contribution in [0, 0.1) is 5.92 Å². The smallest absolute Gasteiger partial charge is 0.324 e. The van der Waals surface area contributed by atoms with Crippen LogP contribution in [0.3, 0.4) is 0 Å². The number of benzene rings is 3. The van der Waals surface area contributed by atoms with Crippen LogP contribution < -0.4 is 0 Å². The lowest BCUT2D eigenvalue weighted by Gasteiger charge is -2.62. The van der Waals surface area contributed by atoms with Gasteiger partial charge in [0.25, 0.3) is 0 Å². The maximum atomic E-state index is 13.3. The summed E-state index contributed by atoms with van der Waals surface area (Å²) in [7, 11) is 0. The molecule has 3 heteroatoms. The molecular weight excluding hydrogens is 460 g/mol. The molecule has 0 aromatic heterocycles. The number of allylic oxidation sites excluding steroid dienone is 1. The Hall–Kier alpha value is -2.65. The average Bonchev–Trinajstić information content (AvgIpc) is 2.84. The highest BCUT2D eigenvalue weighted by atomic mass is 79.9. The third-order valence-corrected chi connectivity index (χ3v) is 9.68. The second-order valence-electron chi connectivity index (χ2n) is 9.62. The first-order chi connectivity index (χ1) is 15.7. The first kappa shape index (κ1) is 18.9. The molecule has 5 aliphatic rings. The third kappa shape index (κ3) is 2.33. The van der Waals surface area contributed by atoms with E-state index in [2.05, 4.69) is 107 Å². The van der Waals surface area contributed by atoms with Crippen molar-refractivity contribution in [3.8, 4) is 0 Å². The van der Waals surface area contributed by atoms with Crippen molar-refractivity contribution >= 4 is 21.9 Å². The minimum absolute atomic E-state index is 0.0784. The van der Waals surface area contributed by atoms with Gasteiger partial charge in [0.2, 0.25) is 0 Å². The molecule has 0 amide bonds. The lowest BCUT2D eigenvalue weighted by Crippen LogP contribution is -2.64. The van der Waals surface area contributed by atoms with Gasteiger partial charge in [-0.3, -0.25) is 4.79 Å². The maximum absolute atomic E-state index is 13.3. The Morgan fingerprint density at radius 3 is 2.12 bits per heavy atom. The van der Waals surface area contributed by atoms with Crippen LogP contribution in [0.1, 0.15) is 52.3 Å². The van der Waals surface area contributed by atoms with E-state index in [0.717, 1.165) is 6.42 Å². The first-order valence-electron chi connectivity index (χ1n) is 11.5. The molecule has 4 bridgehead atoms. The molecule has 3 aromatic rings. The molecular formula is C29H23BrO2. The minimum atomic E-state index is -0.679. The van der Waals surface area contributed by atoms with Crippen LogP contribution in [0.2, 0.25) is 0 Å². The number of carbonyl (C=O) groups excluding carboxylic acids is 1. The fraction of sp³-hybridized carbons (Fsp3) is 0.276. The Balaban J connectivity index is 1.55. The molecule has 2 aliphatic heterocycles. The molecule has 7 atom stereocenters. The van der Waals surface area contributed by atoms with Crippen molar-refractivity contribution in [3.05, 3.63) is 119 Å². The topological polar surface area (TPSA) is 26.3 Å². The molecule has 32 heavy (non-hydrogen) atoms. The van der Waals surface area contributed by atoms with Gasteiger partial charge in [-0.05, 0) is 34.2 Å². The van der Waals surface area contributed by atoms with Gasteiger partial charge in [0, 0.05) is 29.6 Å². The Bertz CT molecular complexity index is 1250. The van der Waals surface area contributed by atoms with Gasteiger partial charge in [-0.1, -0.05) is 107 Å². The minimum Gasteiger partial charge on any atom is -0.457 e. The van der Waals surface area contributed by atoms with E-state index in [9.17, 15) is 4.79 Å². The second kappa shape index (κ2) is 6.68. The molecule has 1 saturated carbocycles. The van der Waals surface area contributed by atoms with Gasteiger partial charge in [0.1, 0.15) is 10.4 Å². The summed E-state index contributed by atoms with van der Waals surface area (Å²) in [5.41, 5.74) is 6.70. The first-order valence-corrected chi connectivity index (χ1v) is 12.3. The van der Waals surface area contributed by atoms with Gasteiger partial charge < -0.3 is 4.74 Å². The third-order valence-electron chi connectivity index (χ3n) is 8.31. The highest BCUT2D eigenvalue weighted by Crippen LogP contribution is 2.70. The van der Waals surface area contributed by atoms with Crippen molar-refractivity contribution in [2.24, 2.45) is 5.92 Å². The summed E-state index contributed by atoms with van der Waals surface area (Å²) in [6.45, 7) is 0. The summed E-state index contributed by atoms with van der Waals surface area (Å²) in [5.74, 6) is 0.890. The van der Waals surface area contributed by atoms with Crippen molar-refractivity contribution in [2.75, 3.05) is 0 Å². The van der Waals surface area contributed by atoms with Gasteiger partial charge in [0.05, 0.1) is 0 Å². The van der Waals surface area contributed by atoms with Crippen LogP contribution >= 0.6 is 15.9 Å². The molecule has 3 aromatic carbocycles. The number of ether oxygens (including phenoxy) is 1. The summed E-state index contributed by atoms with van der Waals surface area (Å²) in [5, 5.41) is 0. The number of alkyl halides is 1. The number of carbonyl (C=O) groups is 1. The van der Waals surface area contributed by atoms with E-state index in [1.807, 2.05) is 0 Å². The number of hydrogen-bond acceptors (Lipinski definition) is 2. The Morgan fingerprint density at radius 2 is 1.41 bits per heavy atom. The van der Waals surface area contributed by atoms with Crippen molar-refractivity contribution in [1.82, 2.24) is 0 Å². The average molecular weight is 483 g/mol. The fourth-order valence-electron chi connectivity index (χ4n) is 7.13. The predicted octanol–water partition coefficient (Wildman–Crippen LogP) is 6.45. The van der Waals surface area contributed by atoms with Gasteiger partial charge in [-0.2, -0.15) is 0 Å². The molecule has 0 N–H and O–H groups in total. The summed E-state index contributed by atoms with van der Waals surface area (Å²) in [4.78, 5) is 13.3. The van der Waals surface area contributed by atoms with Gasteiger partial charge in [-0.25, -0.2) is 0 Å². The Kier molecular flexibility index (Phi) is 3.94. The SMILES string of the molecule is O=C1O[C@H]2C[C@@H]3c4ccccc4[C@@H]4[C@@H](c5ccccc5)[C@H](c5ccccc5)C=C2[C@@H]4[C@]13Br. The lowest BCUT2D eigenvalue weighted by molar-refractivity contribution is -0.166. The van der Waals surface area contributed by atoms with Crippen LogP contribution in [0.25, 0.3) is 0 Å². The number of esters is 1. The summed E-state index contributed by atoms with van der Waals surface area (Å²) in [6.07, 6.45) is 3.20. The Morgan fingerprint density at radius 1 is 0.781 bits per heavy atom. The zero-order chi connectivity index (χ0) is 21.4. The summed E-state index contributed by atoms with van der Waals surface area (Å²) < 4.78 is 5.32. The number of hydrogen-bond donors (Lipinski definition) is 0. The van der Waals surface area contributed by atoms with Crippen molar-refractivity contribution in [2.45, 2.75) is 40.5 Å². The van der Waals surface area contributed by atoms with Gasteiger partial charge in [-0.15, -0.1) is 0 Å². The second-order valence-corrected chi connectivity index (χ2v) is 10.9. The van der Waals surface area contributed by atoms with Crippen LogP contribution in [0.5, 0.6) is 0 Å². The van der Waals surface area contributed by atoms with E-state index in [-0.39, 0.29) is 41.7 Å². The van der Waals surface area contributed by atoms with E-state index >= 15 is 0 Å². The predicted molar refractivity (Wildman–Crippen MR) is 128 cm³/mol. The molecule has 3 fully saturated rings. The molecule has 0 unspecified atom stereocenters. The maximum Gasteiger partial charge on any atom is 0.324 e. The lowest BCUT2D eigenvalue weighted by atomic mass is 9.47. The number of fused-ring (bicyclic) bond motifs is 3. The summed E-state index contributed by atoms with van der Waals surface area (Å²) >= 11 is 4.03. The molecule has 2 nitrogen and oxygen atoms in total. The van der Waals surface area contributed by atoms with Crippen LogP contribution in [-0.4, -0.2) is 16.4 Å². The molecule has 0 radical (unpaired) electrons. The highest BCUT2D eigenvalue weighted by Gasteiger charge is 2.69. The number of halogens is 1. The summed E-state index contributed by atoms with van der Waals surface area (Å²) in [6, 6.07) is 30.5. The Labute approximate surface area is 196 Å². The van der Waals surface area contributed by atoms with Gasteiger partial charge >= 0.3 is 5.97 Å². The molecule has 3 aliphatic carbocycles. The molecule has 2 saturated heterocycles. The highest BCUT2D eigenvalue weighted by molar-refractivity contribution is 9.10. The largest absolute Gasteiger partial charge is 0.457 e. The fourth-order valence-corrected chi connectivity index (χ4v) is 8.21. The number of rotatable bonds is 2. The van der Waals surface area contributed by atoms with Crippen LogP contribution in [-0.2, 0) is 9.53 Å². The normalized spacial score (nSPS) is 36.2. The van der Waals surface area contributed by atoms with Crippen molar-refractivity contribution in [3.63, 3.8) is 0 Å². The molecule has 158 valence electrons. The zero-order valence-corrected chi connectivity index (χ0v) is 19.1. The quantitative estimate of drug-likeness (QED) is 0.238. The van der Waals surface area contributed by atoms with Crippen molar-refractivity contribution in [1.29, 1.82) is 0 Å². The van der Waals surface area contributed by atoms with Crippen LogP contribution in [0.4, 0.5) is 0 Å². The van der Waals surface area contributed by atoms with E-state index in [4.69, 9.17) is 4.74 Å². The van der Waals surface area contributed by atoms with E-state index in [1.165, 1.54) is 27.8 Å². The monoisotopic (exact) mass is 482 g/mol. The van der Waals surface area contributed by atoms with Crippen LogP contribution in [0.15, 0.2) is 96.6 Å². The van der Waals surface area contributed by atoms with E-state index in [1.54, 1.807) is 0 Å². The zero-order valence-electron chi connectivity index (χ0n) is 17.5. The van der Waals surface area contributed by atoms with E-state index < -0.39 is 4.32 Å². The molecule has 2 heterocycles.